The first-order chi connectivity index (χ1) is 7.75. The average molecular weight is 223 g/mol. The summed E-state index contributed by atoms with van der Waals surface area (Å²) in [7, 11) is 2.03. The first-order valence-electron chi connectivity index (χ1n) is 6.05. The van der Waals surface area contributed by atoms with Crippen molar-refractivity contribution in [3.63, 3.8) is 0 Å². The zero-order valence-corrected chi connectivity index (χ0v) is 9.93. The molecule has 16 heavy (non-hydrogen) atoms. The minimum Gasteiger partial charge on any atom is -0.381 e. The van der Waals surface area contributed by atoms with Crippen molar-refractivity contribution in [2.45, 2.75) is 31.7 Å². The summed E-state index contributed by atoms with van der Waals surface area (Å²) >= 11 is 0. The largest absolute Gasteiger partial charge is 0.381 e. The first-order valence-corrected chi connectivity index (χ1v) is 6.05. The fourth-order valence-electron chi connectivity index (χ4n) is 2.27. The second kappa shape index (κ2) is 5.46. The summed E-state index contributed by atoms with van der Waals surface area (Å²) in [5, 5.41) is 0. The minimum absolute atomic E-state index is 0.281. The lowest BCUT2D eigenvalue weighted by molar-refractivity contribution is 0.182. The minimum atomic E-state index is 0.281. The third-order valence-electron chi connectivity index (χ3n) is 3.32. The number of hydrogen-bond acceptors (Lipinski definition) is 3. The van der Waals surface area contributed by atoms with Crippen LogP contribution in [0.25, 0.3) is 0 Å². The van der Waals surface area contributed by atoms with Crippen LogP contribution in [0.15, 0.2) is 12.4 Å². The molecule has 0 spiro atoms. The van der Waals surface area contributed by atoms with Gasteiger partial charge in [0.25, 0.3) is 0 Å². The normalized spacial score (nSPS) is 22.5. The fraction of sp³-hybridized carbons (Fsp3) is 0.750. The van der Waals surface area contributed by atoms with Crippen molar-refractivity contribution >= 4 is 0 Å². The van der Waals surface area contributed by atoms with Gasteiger partial charge in [0.2, 0.25) is 0 Å². The van der Waals surface area contributed by atoms with Gasteiger partial charge in [0.05, 0.1) is 0 Å². The van der Waals surface area contributed by atoms with E-state index in [1.54, 1.807) is 0 Å². The zero-order chi connectivity index (χ0) is 11.4. The van der Waals surface area contributed by atoms with Crippen molar-refractivity contribution in [2.24, 2.45) is 18.7 Å². The number of rotatable bonds is 5. The van der Waals surface area contributed by atoms with E-state index >= 15 is 0 Å². The zero-order valence-electron chi connectivity index (χ0n) is 9.93. The average Bonchev–Trinajstić information content (AvgIpc) is 2.87. The van der Waals surface area contributed by atoms with E-state index in [9.17, 15) is 0 Å². The first kappa shape index (κ1) is 11.6. The summed E-state index contributed by atoms with van der Waals surface area (Å²) in [6.07, 6.45) is 8.07. The third kappa shape index (κ3) is 3.06. The summed E-state index contributed by atoms with van der Waals surface area (Å²) in [6, 6.07) is 0.281. The highest BCUT2D eigenvalue weighted by molar-refractivity contribution is 4.92. The molecule has 0 aliphatic carbocycles. The molecule has 2 N–H and O–H groups in total. The Kier molecular flexibility index (Phi) is 3.96. The number of aryl methyl sites for hydroxylation is 2. The van der Waals surface area contributed by atoms with Gasteiger partial charge < -0.3 is 15.0 Å². The van der Waals surface area contributed by atoms with Crippen LogP contribution in [0.3, 0.4) is 0 Å². The molecule has 1 aromatic rings. The van der Waals surface area contributed by atoms with Gasteiger partial charge in [0.1, 0.15) is 5.82 Å². The van der Waals surface area contributed by atoms with Gasteiger partial charge in [-0.2, -0.15) is 0 Å². The number of ether oxygens (including phenoxy) is 1. The van der Waals surface area contributed by atoms with Crippen LogP contribution in [0, 0.1) is 5.92 Å². The van der Waals surface area contributed by atoms with Crippen LogP contribution in [-0.4, -0.2) is 28.8 Å². The Bertz CT molecular complexity index is 318. The molecule has 1 aromatic heterocycles. The van der Waals surface area contributed by atoms with Gasteiger partial charge in [-0.05, 0) is 25.2 Å². The maximum atomic E-state index is 6.13. The van der Waals surface area contributed by atoms with Crippen molar-refractivity contribution < 1.29 is 4.74 Å². The van der Waals surface area contributed by atoms with E-state index < -0.39 is 0 Å². The molecule has 0 aromatic carbocycles. The molecule has 1 fully saturated rings. The Balaban J connectivity index is 1.71. The van der Waals surface area contributed by atoms with Gasteiger partial charge in [-0.1, -0.05) is 0 Å². The van der Waals surface area contributed by atoms with Crippen LogP contribution in [0.5, 0.6) is 0 Å². The summed E-state index contributed by atoms with van der Waals surface area (Å²) in [5.41, 5.74) is 6.13. The lowest BCUT2D eigenvalue weighted by Crippen LogP contribution is -2.25. The number of hydrogen-bond donors (Lipinski definition) is 1. The molecule has 1 aliphatic rings. The second-order valence-electron chi connectivity index (χ2n) is 4.72. The van der Waals surface area contributed by atoms with Crippen molar-refractivity contribution in [3.8, 4) is 0 Å². The molecule has 4 nitrogen and oxygen atoms in total. The van der Waals surface area contributed by atoms with E-state index in [0.29, 0.717) is 5.92 Å². The molecule has 2 heterocycles. The molecule has 2 rings (SSSR count). The van der Waals surface area contributed by atoms with Crippen molar-refractivity contribution in [2.75, 3.05) is 13.2 Å². The maximum absolute atomic E-state index is 6.13. The molecule has 0 bridgehead atoms. The van der Waals surface area contributed by atoms with Crippen LogP contribution in [0.1, 0.15) is 25.1 Å². The topological polar surface area (TPSA) is 53.1 Å². The molecule has 0 saturated carbocycles. The summed E-state index contributed by atoms with van der Waals surface area (Å²) in [4.78, 5) is 4.30. The molecular formula is C12H21N3O. The molecule has 1 saturated heterocycles. The quantitative estimate of drug-likeness (QED) is 0.813. The third-order valence-corrected chi connectivity index (χ3v) is 3.32. The van der Waals surface area contributed by atoms with Gasteiger partial charge in [-0.15, -0.1) is 0 Å². The molecule has 0 radical (unpaired) electrons. The Hall–Kier alpha value is -0.870. The Morgan fingerprint density at radius 2 is 2.56 bits per heavy atom. The van der Waals surface area contributed by atoms with Gasteiger partial charge in [0, 0.05) is 45.1 Å². The highest BCUT2D eigenvalue weighted by atomic mass is 16.5. The lowest BCUT2D eigenvalue weighted by atomic mass is 9.97. The summed E-state index contributed by atoms with van der Waals surface area (Å²) in [6.45, 7) is 1.81. The SMILES string of the molecule is Cn1ccnc1CCC(N)CC1CCOC1. The van der Waals surface area contributed by atoms with Gasteiger partial charge >= 0.3 is 0 Å². The van der Waals surface area contributed by atoms with E-state index in [0.717, 1.165) is 38.3 Å². The highest BCUT2D eigenvalue weighted by Gasteiger charge is 2.18. The molecule has 1 aliphatic heterocycles. The van der Waals surface area contributed by atoms with Gasteiger partial charge in [-0.3, -0.25) is 0 Å². The Morgan fingerprint density at radius 3 is 3.19 bits per heavy atom. The highest BCUT2D eigenvalue weighted by Crippen LogP contribution is 2.19. The van der Waals surface area contributed by atoms with Crippen molar-refractivity contribution in [1.29, 1.82) is 0 Å². The van der Waals surface area contributed by atoms with Gasteiger partial charge in [0.15, 0.2) is 0 Å². The fourth-order valence-corrected chi connectivity index (χ4v) is 2.27. The predicted octanol–water partition coefficient (Wildman–Crippen LogP) is 1.11. The van der Waals surface area contributed by atoms with Crippen LogP contribution >= 0.6 is 0 Å². The van der Waals surface area contributed by atoms with Crippen LogP contribution < -0.4 is 5.73 Å². The number of aromatic nitrogens is 2. The van der Waals surface area contributed by atoms with E-state index in [1.165, 1.54) is 6.42 Å². The lowest BCUT2D eigenvalue weighted by Gasteiger charge is -2.14. The molecule has 2 unspecified atom stereocenters. The van der Waals surface area contributed by atoms with Crippen LogP contribution in [0.4, 0.5) is 0 Å². The van der Waals surface area contributed by atoms with Crippen LogP contribution in [0.2, 0.25) is 0 Å². The molecule has 0 amide bonds. The predicted molar refractivity (Wildman–Crippen MR) is 63.0 cm³/mol. The second-order valence-corrected chi connectivity index (χ2v) is 4.72. The monoisotopic (exact) mass is 223 g/mol. The molecule has 90 valence electrons. The number of imidazole rings is 1. The Labute approximate surface area is 96.8 Å². The van der Waals surface area contributed by atoms with Crippen LogP contribution in [-0.2, 0) is 18.2 Å². The van der Waals surface area contributed by atoms with E-state index in [2.05, 4.69) is 9.55 Å². The summed E-state index contributed by atoms with van der Waals surface area (Å²) < 4.78 is 7.42. The number of nitrogens with zero attached hydrogens (tertiary/aromatic N) is 2. The van der Waals surface area contributed by atoms with Crippen molar-refractivity contribution in [3.05, 3.63) is 18.2 Å². The van der Waals surface area contributed by atoms with E-state index in [1.807, 2.05) is 19.4 Å². The smallest absolute Gasteiger partial charge is 0.108 e. The van der Waals surface area contributed by atoms with Gasteiger partial charge in [-0.25, -0.2) is 4.98 Å². The molecule has 4 heteroatoms. The number of nitrogens with two attached hydrogens (primary N) is 1. The maximum Gasteiger partial charge on any atom is 0.108 e. The Morgan fingerprint density at radius 1 is 1.69 bits per heavy atom. The van der Waals surface area contributed by atoms with E-state index in [4.69, 9.17) is 10.5 Å². The molecular weight excluding hydrogens is 202 g/mol. The van der Waals surface area contributed by atoms with Crippen molar-refractivity contribution in [1.82, 2.24) is 9.55 Å². The molecule has 2 atom stereocenters. The van der Waals surface area contributed by atoms with E-state index in [-0.39, 0.29) is 6.04 Å². The standard InChI is InChI=1S/C12H21N3O/c1-15-6-5-14-12(15)3-2-11(13)8-10-4-7-16-9-10/h5-6,10-11H,2-4,7-9,13H2,1H3. The summed E-state index contributed by atoms with van der Waals surface area (Å²) in [5.74, 6) is 1.80.